The molecular formula is C18H16BrClN6O. The van der Waals surface area contributed by atoms with Crippen LogP contribution in [-0.2, 0) is 6.54 Å². The smallest absolute Gasteiger partial charge is 0.291 e. The molecule has 3 heterocycles. The van der Waals surface area contributed by atoms with Gasteiger partial charge in [-0.25, -0.2) is 14.6 Å². The Kier molecular flexibility index (Phi) is 4.05. The van der Waals surface area contributed by atoms with E-state index >= 15 is 0 Å². The number of nitrogens with zero attached hydrogens (tertiary/aromatic N) is 5. The predicted molar refractivity (Wildman–Crippen MR) is 104 cm³/mol. The van der Waals surface area contributed by atoms with E-state index in [1.54, 1.807) is 11.0 Å². The van der Waals surface area contributed by atoms with Crippen LogP contribution in [0.1, 0.15) is 42.0 Å². The minimum Gasteiger partial charge on any atom is -0.347 e. The van der Waals surface area contributed by atoms with Crippen LogP contribution in [0.25, 0.3) is 17.1 Å². The first-order valence-electron chi connectivity index (χ1n) is 8.88. The van der Waals surface area contributed by atoms with E-state index in [4.69, 9.17) is 11.6 Å². The van der Waals surface area contributed by atoms with Crippen molar-refractivity contribution in [2.45, 2.75) is 38.3 Å². The number of hydrogen-bond acceptors (Lipinski definition) is 4. The first-order chi connectivity index (χ1) is 13.1. The summed E-state index contributed by atoms with van der Waals surface area (Å²) in [6.45, 7) is 0.393. The van der Waals surface area contributed by atoms with E-state index in [0.717, 1.165) is 47.1 Å². The zero-order valence-electron chi connectivity index (χ0n) is 14.3. The van der Waals surface area contributed by atoms with Gasteiger partial charge in [0.15, 0.2) is 11.0 Å². The van der Waals surface area contributed by atoms with Crippen LogP contribution in [0.4, 0.5) is 0 Å². The lowest BCUT2D eigenvalue weighted by Gasteiger charge is -2.10. The Bertz CT molecular complexity index is 1050. The molecule has 5 rings (SSSR count). The second kappa shape index (κ2) is 6.45. The minimum absolute atomic E-state index is 0.187. The summed E-state index contributed by atoms with van der Waals surface area (Å²) >= 11 is 9.81. The Morgan fingerprint density at radius 1 is 1.30 bits per heavy atom. The molecule has 1 aliphatic heterocycles. The second-order valence-electron chi connectivity index (χ2n) is 6.89. The molecule has 7 nitrogen and oxygen atoms in total. The number of benzene rings is 1. The van der Waals surface area contributed by atoms with Crippen LogP contribution < -0.4 is 5.32 Å². The van der Waals surface area contributed by atoms with E-state index < -0.39 is 0 Å². The molecule has 138 valence electrons. The maximum atomic E-state index is 12.6. The molecule has 0 saturated heterocycles. The van der Waals surface area contributed by atoms with Crippen molar-refractivity contribution < 1.29 is 4.79 Å². The number of aromatic nitrogens is 5. The summed E-state index contributed by atoms with van der Waals surface area (Å²) < 4.78 is 4.59. The molecule has 0 spiro atoms. The minimum atomic E-state index is -0.223. The van der Waals surface area contributed by atoms with Crippen LogP contribution in [0.3, 0.4) is 0 Å². The molecule has 1 N–H and O–H groups in total. The van der Waals surface area contributed by atoms with Crippen molar-refractivity contribution in [2.24, 2.45) is 0 Å². The van der Waals surface area contributed by atoms with Crippen molar-refractivity contribution in [2.75, 3.05) is 0 Å². The number of halogens is 2. The molecule has 1 fully saturated rings. The normalized spacial score (nSPS) is 15.8. The fourth-order valence-electron chi connectivity index (χ4n) is 3.81. The molecule has 1 saturated carbocycles. The highest BCUT2D eigenvalue weighted by Gasteiger charge is 2.27. The molecule has 1 amide bonds. The molecule has 27 heavy (non-hydrogen) atoms. The zero-order chi connectivity index (χ0) is 18.5. The van der Waals surface area contributed by atoms with Crippen molar-refractivity contribution >= 4 is 33.4 Å². The van der Waals surface area contributed by atoms with E-state index in [1.165, 1.54) is 0 Å². The van der Waals surface area contributed by atoms with Gasteiger partial charge in [-0.1, -0.05) is 40.4 Å². The largest absolute Gasteiger partial charge is 0.347 e. The monoisotopic (exact) mass is 446 g/mol. The summed E-state index contributed by atoms with van der Waals surface area (Å²) in [5.41, 5.74) is 2.58. The number of nitrogens with one attached hydrogen (secondary N) is 1. The summed E-state index contributed by atoms with van der Waals surface area (Å²) in [7, 11) is 0. The number of carbonyl (C=O) groups excluding carboxylic acids is 1. The lowest BCUT2D eigenvalue weighted by molar-refractivity contribution is 0.0927. The maximum Gasteiger partial charge on any atom is 0.291 e. The zero-order valence-corrected chi connectivity index (χ0v) is 16.7. The van der Waals surface area contributed by atoms with Crippen LogP contribution in [0.5, 0.6) is 0 Å². The van der Waals surface area contributed by atoms with Crippen LogP contribution in [-0.4, -0.2) is 36.3 Å². The third-order valence-electron chi connectivity index (χ3n) is 5.14. The lowest BCUT2D eigenvalue weighted by atomic mass is 10.1. The SMILES string of the molecule is O=C(NC1CCCC1)c1nc2n(n1)Cc1c(Cl)ncn1-c1ccc(Br)cc1-2. The molecule has 1 aromatic carbocycles. The van der Waals surface area contributed by atoms with Gasteiger partial charge in [-0.05, 0) is 31.0 Å². The topological polar surface area (TPSA) is 77.6 Å². The first-order valence-corrected chi connectivity index (χ1v) is 10.0. The van der Waals surface area contributed by atoms with Crippen LogP contribution in [0, 0.1) is 0 Å². The third-order valence-corrected chi connectivity index (χ3v) is 5.95. The fraction of sp³-hybridized carbons (Fsp3) is 0.333. The van der Waals surface area contributed by atoms with Crippen LogP contribution in [0.2, 0.25) is 5.15 Å². The molecule has 0 bridgehead atoms. The summed E-state index contributed by atoms with van der Waals surface area (Å²) in [5.74, 6) is 0.605. The van der Waals surface area contributed by atoms with Gasteiger partial charge in [0.25, 0.3) is 5.91 Å². The van der Waals surface area contributed by atoms with E-state index in [1.807, 2.05) is 22.8 Å². The number of rotatable bonds is 2. The summed E-state index contributed by atoms with van der Waals surface area (Å²) in [6, 6.07) is 6.12. The highest BCUT2D eigenvalue weighted by molar-refractivity contribution is 9.10. The van der Waals surface area contributed by atoms with E-state index in [-0.39, 0.29) is 17.8 Å². The second-order valence-corrected chi connectivity index (χ2v) is 8.16. The third kappa shape index (κ3) is 2.87. The summed E-state index contributed by atoms with van der Waals surface area (Å²) in [4.78, 5) is 21.4. The average molecular weight is 448 g/mol. The van der Waals surface area contributed by atoms with Gasteiger partial charge in [-0.3, -0.25) is 9.36 Å². The van der Waals surface area contributed by atoms with Crippen molar-refractivity contribution in [3.63, 3.8) is 0 Å². The van der Waals surface area contributed by atoms with E-state index in [0.29, 0.717) is 17.5 Å². The van der Waals surface area contributed by atoms with E-state index in [9.17, 15) is 4.79 Å². The molecule has 2 aromatic heterocycles. The van der Waals surface area contributed by atoms with Gasteiger partial charge in [0.1, 0.15) is 6.33 Å². The number of carbonyl (C=O) groups is 1. The predicted octanol–water partition coefficient (Wildman–Crippen LogP) is 3.58. The summed E-state index contributed by atoms with van der Waals surface area (Å²) in [6.07, 6.45) is 6.04. The van der Waals surface area contributed by atoms with Gasteiger partial charge in [-0.2, -0.15) is 0 Å². The molecule has 9 heteroatoms. The number of imidazole rings is 1. The number of hydrogen-bond donors (Lipinski definition) is 1. The highest BCUT2D eigenvalue weighted by Crippen LogP contribution is 2.34. The standard InChI is InChI=1S/C18H16BrClN6O/c19-10-5-6-13-12(7-10)17-23-16(18(27)22-11-3-1-2-4-11)24-26(17)8-14-15(20)21-9-25(13)14/h5-7,9,11H,1-4,8H2,(H,22,27). The van der Waals surface area contributed by atoms with Crippen LogP contribution in [0.15, 0.2) is 29.0 Å². The molecule has 2 aliphatic rings. The maximum absolute atomic E-state index is 12.6. The van der Waals surface area contributed by atoms with Gasteiger partial charge in [0.2, 0.25) is 5.82 Å². The Balaban J connectivity index is 1.60. The Hall–Kier alpha value is -2.19. The number of amides is 1. The number of fused-ring (bicyclic) bond motifs is 5. The molecule has 0 radical (unpaired) electrons. The Morgan fingerprint density at radius 2 is 2.11 bits per heavy atom. The van der Waals surface area contributed by atoms with Gasteiger partial charge in [0, 0.05) is 16.1 Å². The van der Waals surface area contributed by atoms with Crippen LogP contribution >= 0.6 is 27.5 Å². The molecule has 0 atom stereocenters. The van der Waals surface area contributed by atoms with Gasteiger partial charge in [0.05, 0.1) is 17.9 Å². The van der Waals surface area contributed by atoms with Crippen molar-refractivity contribution in [3.05, 3.63) is 45.7 Å². The first kappa shape index (κ1) is 16.9. The van der Waals surface area contributed by atoms with Gasteiger partial charge in [-0.15, -0.1) is 5.10 Å². The summed E-state index contributed by atoms with van der Waals surface area (Å²) in [5, 5.41) is 7.95. The highest BCUT2D eigenvalue weighted by atomic mass is 79.9. The van der Waals surface area contributed by atoms with Crippen molar-refractivity contribution in [1.29, 1.82) is 0 Å². The molecule has 3 aromatic rings. The quantitative estimate of drug-likeness (QED) is 0.509. The van der Waals surface area contributed by atoms with Crippen molar-refractivity contribution in [3.8, 4) is 17.1 Å². The van der Waals surface area contributed by atoms with Gasteiger partial charge < -0.3 is 5.32 Å². The van der Waals surface area contributed by atoms with Gasteiger partial charge >= 0.3 is 0 Å². The molecule has 0 unspecified atom stereocenters. The average Bonchev–Trinajstić information content (AvgIpc) is 3.36. The lowest BCUT2D eigenvalue weighted by Crippen LogP contribution is -2.33. The Labute approximate surface area is 168 Å². The molecular weight excluding hydrogens is 432 g/mol. The Morgan fingerprint density at radius 3 is 2.93 bits per heavy atom. The van der Waals surface area contributed by atoms with Crippen molar-refractivity contribution in [1.82, 2.24) is 29.6 Å². The van der Waals surface area contributed by atoms with E-state index in [2.05, 4.69) is 36.3 Å². The fourth-order valence-corrected chi connectivity index (χ4v) is 4.36. The molecule has 1 aliphatic carbocycles.